The van der Waals surface area contributed by atoms with E-state index in [9.17, 15) is 18.4 Å². The minimum Gasteiger partial charge on any atom is -0.454 e. The number of nitrogens with zero attached hydrogens (tertiary/aromatic N) is 2. The van der Waals surface area contributed by atoms with Crippen molar-refractivity contribution in [1.29, 1.82) is 0 Å². The van der Waals surface area contributed by atoms with Gasteiger partial charge >= 0.3 is 6.03 Å². The van der Waals surface area contributed by atoms with Crippen LogP contribution in [-0.2, 0) is 17.8 Å². The summed E-state index contributed by atoms with van der Waals surface area (Å²) >= 11 is 0. The van der Waals surface area contributed by atoms with Crippen LogP contribution in [-0.4, -0.2) is 41.0 Å². The number of carbonyl (C=O) groups is 2. The molecule has 0 saturated carbocycles. The van der Waals surface area contributed by atoms with E-state index in [1.807, 2.05) is 0 Å². The Morgan fingerprint density at radius 3 is 2.56 bits per heavy atom. The monoisotopic (exact) mass is 467 g/mol. The van der Waals surface area contributed by atoms with Crippen LogP contribution in [0.3, 0.4) is 0 Å². The maximum absolute atomic E-state index is 14.7. The normalized spacial score (nSPS) is 13.7. The molecule has 1 fully saturated rings. The second kappa shape index (κ2) is 10.4. The van der Waals surface area contributed by atoms with Crippen molar-refractivity contribution in [3.8, 4) is 11.5 Å². The highest BCUT2D eigenvalue weighted by Crippen LogP contribution is 2.30. The summed E-state index contributed by atoms with van der Waals surface area (Å²) in [6.45, 7) is 2.14. The Labute approximate surface area is 194 Å². The van der Waals surface area contributed by atoms with Crippen molar-refractivity contribution < 1.29 is 23.1 Å². The summed E-state index contributed by atoms with van der Waals surface area (Å²) in [5, 5.41) is 4.55. The Balaban J connectivity index is 1.34. The average molecular weight is 467 g/mol. The van der Waals surface area contributed by atoms with Crippen LogP contribution in [0.15, 0.2) is 60.9 Å². The molecule has 1 aliphatic heterocycles. The SMILES string of the molecule is NC1CN(Cc2cnccc2Oc2ccc(NC(=O)NC(=O)Cc3ccc(F)cc3)cc2F)C1. The van der Waals surface area contributed by atoms with Gasteiger partial charge in [0, 0.05) is 55.4 Å². The molecule has 1 aromatic heterocycles. The first-order chi connectivity index (χ1) is 16.4. The topological polar surface area (TPSA) is 110 Å². The molecule has 3 amide bonds. The summed E-state index contributed by atoms with van der Waals surface area (Å²) in [6, 6.07) is 10.3. The lowest BCUT2D eigenvalue weighted by Gasteiger charge is -2.36. The minimum atomic E-state index is -0.815. The highest BCUT2D eigenvalue weighted by Gasteiger charge is 2.24. The second-order valence-electron chi connectivity index (χ2n) is 7.99. The van der Waals surface area contributed by atoms with Gasteiger partial charge in [0.2, 0.25) is 5.91 Å². The van der Waals surface area contributed by atoms with E-state index in [4.69, 9.17) is 10.5 Å². The number of aromatic nitrogens is 1. The number of imide groups is 1. The zero-order valence-electron chi connectivity index (χ0n) is 18.1. The van der Waals surface area contributed by atoms with Crippen molar-refractivity contribution in [1.82, 2.24) is 15.2 Å². The molecular formula is C24H23F2N5O3. The van der Waals surface area contributed by atoms with Gasteiger partial charge in [0.1, 0.15) is 11.6 Å². The molecule has 0 aliphatic carbocycles. The molecule has 0 radical (unpaired) electrons. The van der Waals surface area contributed by atoms with E-state index in [-0.39, 0.29) is 23.9 Å². The predicted molar refractivity (Wildman–Crippen MR) is 121 cm³/mol. The lowest BCUT2D eigenvalue weighted by molar-refractivity contribution is -0.119. The first-order valence-electron chi connectivity index (χ1n) is 10.6. The molecule has 1 saturated heterocycles. The Bertz CT molecular complexity index is 1180. The third-order valence-corrected chi connectivity index (χ3v) is 5.18. The highest BCUT2D eigenvalue weighted by molar-refractivity contribution is 6.01. The minimum absolute atomic E-state index is 0.0221. The van der Waals surface area contributed by atoms with E-state index in [1.54, 1.807) is 18.5 Å². The third-order valence-electron chi connectivity index (χ3n) is 5.18. The van der Waals surface area contributed by atoms with Crippen molar-refractivity contribution in [2.45, 2.75) is 19.0 Å². The van der Waals surface area contributed by atoms with Crippen molar-refractivity contribution in [3.63, 3.8) is 0 Å². The number of carbonyl (C=O) groups excluding carboxylic acids is 2. The standard InChI is InChI=1S/C24H23F2N5O3/c25-17-3-1-15(2-4-17)9-23(32)30-24(33)29-19-5-6-22(20(26)10-19)34-21-7-8-28-11-16(21)12-31-13-18(27)14-31/h1-8,10-11,18H,9,12-14,27H2,(H2,29,30,32,33). The van der Waals surface area contributed by atoms with E-state index < -0.39 is 23.6 Å². The van der Waals surface area contributed by atoms with Crippen LogP contribution < -0.4 is 21.1 Å². The maximum Gasteiger partial charge on any atom is 0.325 e. The molecule has 8 nitrogen and oxygen atoms in total. The lowest BCUT2D eigenvalue weighted by Crippen LogP contribution is -2.54. The zero-order chi connectivity index (χ0) is 24.1. The van der Waals surface area contributed by atoms with Gasteiger partial charge in [0.15, 0.2) is 11.6 Å². The van der Waals surface area contributed by atoms with Gasteiger partial charge in [-0.1, -0.05) is 12.1 Å². The molecule has 34 heavy (non-hydrogen) atoms. The largest absolute Gasteiger partial charge is 0.454 e. The molecule has 0 unspecified atom stereocenters. The van der Waals surface area contributed by atoms with Gasteiger partial charge in [0.25, 0.3) is 0 Å². The second-order valence-corrected chi connectivity index (χ2v) is 7.99. The quantitative estimate of drug-likeness (QED) is 0.492. The summed E-state index contributed by atoms with van der Waals surface area (Å²) in [5.74, 6) is -1.25. The highest BCUT2D eigenvalue weighted by atomic mass is 19.1. The summed E-state index contributed by atoms with van der Waals surface area (Å²) in [4.78, 5) is 30.3. The molecule has 4 rings (SSSR count). The Morgan fingerprint density at radius 1 is 1.09 bits per heavy atom. The third kappa shape index (κ3) is 6.12. The number of ether oxygens (including phenoxy) is 1. The smallest absolute Gasteiger partial charge is 0.325 e. The number of nitrogens with two attached hydrogens (primary N) is 1. The van der Waals surface area contributed by atoms with Crippen LogP contribution in [0.4, 0.5) is 19.3 Å². The van der Waals surface area contributed by atoms with Crippen molar-refractivity contribution in [2.24, 2.45) is 5.73 Å². The molecule has 0 spiro atoms. The molecule has 2 heterocycles. The fourth-order valence-electron chi connectivity index (χ4n) is 3.51. The van der Waals surface area contributed by atoms with Crippen LogP contribution in [0.2, 0.25) is 0 Å². The summed E-state index contributed by atoms with van der Waals surface area (Å²) in [5.41, 5.74) is 7.30. The number of pyridine rings is 1. The van der Waals surface area contributed by atoms with Gasteiger partial charge in [-0.2, -0.15) is 0 Å². The van der Waals surface area contributed by atoms with Crippen LogP contribution in [0, 0.1) is 11.6 Å². The Morgan fingerprint density at radius 2 is 1.85 bits per heavy atom. The molecule has 0 bridgehead atoms. The molecule has 4 N–H and O–H groups in total. The van der Waals surface area contributed by atoms with E-state index in [0.29, 0.717) is 17.9 Å². The number of benzene rings is 2. The van der Waals surface area contributed by atoms with Crippen LogP contribution in [0.5, 0.6) is 11.5 Å². The van der Waals surface area contributed by atoms with Crippen LogP contribution in [0.1, 0.15) is 11.1 Å². The summed E-state index contributed by atoms with van der Waals surface area (Å²) in [6.07, 6.45) is 3.12. The van der Waals surface area contributed by atoms with E-state index >= 15 is 0 Å². The van der Waals surface area contributed by atoms with Gasteiger partial charge in [0.05, 0.1) is 6.42 Å². The number of rotatable bonds is 7. The van der Waals surface area contributed by atoms with E-state index in [2.05, 4.69) is 20.5 Å². The van der Waals surface area contributed by atoms with Gasteiger partial charge in [-0.25, -0.2) is 13.6 Å². The molecular weight excluding hydrogens is 444 g/mol. The van der Waals surface area contributed by atoms with Crippen LogP contribution >= 0.6 is 0 Å². The van der Waals surface area contributed by atoms with Gasteiger partial charge < -0.3 is 15.8 Å². The number of anilines is 1. The number of amides is 3. The molecule has 176 valence electrons. The number of hydrogen-bond acceptors (Lipinski definition) is 6. The van der Waals surface area contributed by atoms with Gasteiger partial charge in [-0.15, -0.1) is 0 Å². The fourth-order valence-corrected chi connectivity index (χ4v) is 3.51. The Hall–Kier alpha value is -3.89. The van der Waals surface area contributed by atoms with Gasteiger partial charge in [-0.05, 0) is 35.9 Å². The Kier molecular flexibility index (Phi) is 7.09. The molecule has 2 aromatic carbocycles. The number of urea groups is 1. The summed E-state index contributed by atoms with van der Waals surface area (Å²) in [7, 11) is 0. The van der Waals surface area contributed by atoms with Crippen molar-refractivity contribution >= 4 is 17.6 Å². The fraction of sp³-hybridized carbons (Fsp3) is 0.208. The van der Waals surface area contributed by atoms with Crippen molar-refractivity contribution in [3.05, 3.63) is 83.7 Å². The average Bonchev–Trinajstić information content (AvgIpc) is 2.77. The number of likely N-dealkylation sites (tertiary alicyclic amines) is 1. The lowest BCUT2D eigenvalue weighted by atomic mass is 10.1. The number of hydrogen-bond donors (Lipinski definition) is 3. The predicted octanol–water partition coefficient (Wildman–Crippen LogP) is 3.19. The van der Waals surface area contributed by atoms with E-state index in [0.717, 1.165) is 24.7 Å². The van der Waals surface area contributed by atoms with Crippen LogP contribution in [0.25, 0.3) is 0 Å². The molecule has 10 heteroatoms. The molecule has 0 atom stereocenters. The molecule has 3 aromatic rings. The van der Waals surface area contributed by atoms with E-state index in [1.165, 1.54) is 36.4 Å². The summed E-state index contributed by atoms with van der Waals surface area (Å²) < 4.78 is 33.4. The maximum atomic E-state index is 14.7. The molecule has 1 aliphatic rings. The zero-order valence-corrected chi connectivity index (χ0v) is 18.1. The van der Waals surface area contributed by atoms with Crippen molar-refractivity contribution in [2.75, 3.05) is 18.4 Å². The number of nitrogens with one attached hydrogen (secondary N) is 2. The van der Waals surface area contributed by atoms with Gasteiger partial charge in [-0.3, -0.25) is 20.0 Å². The first-order valence-corrected chi connectivity index (χ1v) is 10.6. The first kappa shape index (κ1) is 23.3. The number of halogens is 2.